The van der Waals surface area contributed by atoms with Crippen LogP contribution in [0.1, 0.15) is 107 Å². The molecule has 2 aromatic rings. The van der Waals surface area contributed by atoms with E-state index in [2.05, 4.69) is 13.8 Å². The number of aromatic carboxylic acids is 3. The molecule has 2 aromatic carbocycles. The van der Waals surface area contributed by atoms with Crippen molar-refractivity contribution in [2.75, 3.05) is 0 Å². The zero-order valence-electron chi connectivity index (χ0n) is 24.4. The van der Waals surface area contributed by atoms with Crippen LogP contribution in [-0.4, -0.2) is 38.3 Å². The summed E-state index contributed by atoms with van der Waals surface area (Å²) in [7, 11) is 0. The molecule has 9 heteroatoms. The molecule has 1 aliphatic heterocycles. The van der Waals surface area contributed by atoms with E-state index in [9.17, 15) is 39.6 Å². The Balaban J connectivity index is 2.09. The highest BCUT2D eigenvalue weighted by molar-refractivity contribution is 6.12. The first-order valence-electron chi connectivity index (χ1n) is 14.7. The number of phenolic OH excluding ortho intramolecular Hbond substituents is 1. The number of carboxylic acids is 3. The maximum Gasteiger partial charge on any atom is 0.336 e. The Morgan fingerprint density at radius 3 is 1.81 bits per heavy atom. The number of aryl methyl sites for hydroxylation is 2. The zero-order valence-corrected chi connectivity index (χ0v) is 24.4. The highest BCUT2D eigenvalue weighted by Crippen LogP contribution is 2.44. The van der Waals surface area contributed by atoms with Gasteiger partial charge in [-0.3, -0.25) is 4.79 Å². The van der Waals surface area contributed by atoms with Crippen molar-refractivity contribution in [1.82, 2.24) is 0 Å². The number of phenols is 1. The lowest BCUT2D eigenvalue weighted by Crippen LogP contribution is -2.13. The second-order valence-corrected chi connectivity index (χ2v) is 10.9. The van der Waals surface area contributed by atoms with Crippen molar-refractivity contribution in [1.29, 1.82) is 0 Å². The molecule has 0 spiro atoms. The molecule has 4 rings (SSSR count). The Hall–Kier alpha value is -4.66. The molecule has 43 heavy (non-hydrogen) atoms. The molecule has 0 fully saturated rings. The minimum atomic E-state index is -1.58. The van der Waals surface area contributed by atoms with Gasteiger partial charge in [-0.2, -0.15) is 0 Å². The van der Waals surface area contributed by atoms with Gasteiger partial charge in [-0.25, -0.2) is 14.4 Å². The van der Waals surface area contributed by atoms with Crippen LogP contribution in [0.15, 0.2) is 45.6 Å². The molecular weight excluding hydrogens is 552 g/mol. The fraction of sp³-hybridized carbons (Fsp3) is 0.353. The topological polar surface area (TPSA) is 162 Å². The minimum absolute atomic E-state index is 0.0150. The van der Waals surface area contributed by atoms with E-state index < -0.39 is 34.6 Å². The van der Waals surface area contributed by atoms with Crippen molar-refractivity contribution in [3.8, 4) is 28.2 Å². The number of aromatic hydroxyl groups is 1. The predicted molar refractivity (Wildman–Crippen MR) is 163 cm³/mol. The van der Waals surface area contributed by atoms with Gasteiger partial charge in [0.05, 0.1) is 16.7 Å². The van der Waals surface area contributed by atoms with E-state index in [0.29, 0.717) is 34.9 Å². The number of hydrogen-bond donors (Lipinski definition) is 4. The number of fused-ring (bicyclic) bond motifs is 2. The van der Waals surface area contributed by atoms with Gasteiger partial charge in [0.15, 0.2) is 5.43 Å². The van der Waals surface area contributed by atoms with E-state index in [1.807, 2.05) is 0 Å². The number of benzene rings is 3. The fourth-order valence-corrected chi connectivity index (χ4v) is 5.55. The Morgan fingerprint density at radius 1 is 0.651 bits per heavy atom. The van der Waals surface area contributed by atoms with Crippen LogP contribution in [-0.2, 0) is 12.8 Å². The second kappa shape index (κ2) is 13.5. The van der Waals surface area contributed by atoms with Crippen LogP contribution in [0, 0.1) is 0 Å². The maximum atomic E-state index is 13.1. The third kappa shape index (κ3) is 6.71. The quantitative estimate of drug-likeness (QED) is 0.0857. The molecule has 0 atom stereocenters. The lowest BCUT2D eigenvalue weighted by molar-refractivity contribution is 0.0649. The maximum absolute atomic E-state index is 13.1. The van der Waals surface area contributed by atoms with Gasteiger partial charge >= 0.3 is 17.9 Å². The number of carbonyl (C=O) groups is 3. The van der Waals surface area contributed by atoms with Crippen molar-refractivity contribution >= 4 is 28.9 Å². The van der Waals surface area contributed by atoms with E-state index in [1.165, 1.54) is 12.1 Å². The van der Waals surface area contributed by atoms with Crippen molar-refractivity contribution in [2.45, 2.75) is 78.1 Å². The van der Waals surface area contributed by atoms with Crippen LogP contribution in [0.25, 0.3) is 33.4 Å². The van der Waals surface area contributed by atoms with Gasteiger partial charge in [0.1, 0.15) is 17.1 Å². The first-order valence-corrected chi connectivity index (χ1v) is 14.7. The Labute approximate surface area is 248 Å². The normalized spacial score (nSPS) is 11.3. The molecule has 226 valence electrons. The van der Waals surface area contributed by atoms with E-state index >= 15 is 0 Å². The summed E-state index contributed by atoms with van der Waals surface area (Å²) >= 11 is 0. The van der Waals surface area contributed by atoms with E-state index in [1.54, 1.807) is 12.1 Å². The fourth-order valence-electron chi connectivity index (χ4n) is 5.55. The number of unbranched alkanes of at least 4 members (excludes halogenated alkanes) is 6. The van der Waals surface area contributed by atoms with Crippen molar-refractivity contribution < 1.29 is 39.2 Å². The summed E-state index contributed by atoms with van der Waals surface area (Å²) in [5, 5.41) is 41.0. The van der Waals surface area contributed by atoms with Gasteiger partial charge in [0, 0.05) is 34.2 Å². The van der Waals surface area contributed by atoms with E-state index in [0.717, 1.165) is 63.5 Å². The van der Waals surface area contributed by atoms with Gasteiger partial charge in [-0.05, 0) is 61.1 Å². The van der Waals surface area contributed by atoms with Gasteiger partial charge in [-0.15, -0.1) is 0 Å². The summed E-state index contributed by atoms with van der Waals surface area (Å²) in [5.41, 5.74) is 0.0448. The molecule has 0 bridgehead atoms. The lowest BCUT2D eigenvalue weighted by Gasteiger charge is -2.20. The molecule has 4 N–H and O–H groups in total. The minimum Gasteiger partial charge on any atom is -0.508 e. The number of hydrogen-bond acceptors (Lipinski definition) is 6. The van der Waals surface area contributed by atoms with Crippen LogP contribution in [0.5, 0.6) is 5.75 Å². The zero-order chi connectivity index (χ0) is 31.3. The van der Waals surface area contributed by atoms with Gasteiger partial charge in [0.2, 0.25) is 0 Å². The summed E-state index contributed by atoms with van der Waals surface area (Å²) in [6.45, 7) is 4.18. The Morgan fingerprint density at radius 2 is 1.23 bits per heavy atom. The number of rotatable bonds is 14. The molecular formula is C34H36O9. The third-order valence-corrected chi connectivity index (χ3v) is 7.82. The summed E-state index contributed by atoms with van der Waals surface area (Å²) < 4.78 is 6.09. The summed E-state index contributed by atoms with van der Waals surface area (Å²) in [5.74, 6) is -4.43. The predicted octanol–water partition coefficient (Wildman–Crippen LogP) is 7.61. The lowest BCUT2D eigenvalue weighted by atomic mass is 9.86. The second-order valence-electron chi connectivity index (χ2n) is 10.9. The van der Waals surface area contributed by atoms with Gasteiger partial charge < -0.3 is 24.8 Å². The molecule has 0 amide bonds. The molecule has 1 heterocycles. The monoisotopic (exact) mass is 588 g/mol. The third-order valence-electron chi connectivity index (χ3n) is 7.82. The average molecular weight is 589 g/mol. The highest BCUT2D eigenvalue weighted by Gasteiger charge is 2.28. The van der Waals surface area contributed by atoms with E-state index in [4.69, 9.17) is 4.42 Å². The summed E-state index contributed by atoms with van der Waals surface area (Å²) in [6, 6.07) is 8.02. The Kier molecular flexibility index (Phi) is 9.85. The van der Waals surface area contributed by atoms with Crippen molar-refractivity contribution in [2.24, 2.45) is 0 Å². The average Bonchev–Trinajstić information content (AvgIpc) is 2.96. The summed E-state index contributed by atoms with van der Waals surface area (Å²) in [6.07, 6.45) is 8.65. The van der Waals surface area contributed by atoms with Gasteiger partial charge in [-0.1, -0.05) is 52.4 Å². The van der Waals surface area contributed by atoms with Crippen molar-refractivity contribution in [3.63, 3.8) is 0 Å². The van der Waals surface area contributed by atoms with E-state index in [-0.39, 0.29) is 33.6 Å². The molecule has 1 aliphatic carbocycles. The smallest absolute Gasteiger partial charge is 0.336 e. The highest BCUT2D eigenvalue weighted by atomic mass is 16.4. The first-order chi connectivity index (χ1) is 20.6. The summed E-state index contributed by atoms with van der Waals surface area (Å²) in [4.78, 5) is 49.6. The largest absolute Gasteiger partial charge is 0.508 e. The Bertz CT molecular complexity index is 1710. The molecule has 0 saturated carbocycles. The molecule has 2 aliphatic rings. The SMILES string of the molecule is CCCCCCc1cc2c(-c3cc(C(=O)O)c(C(=O)O)cc3C(=O)O)c3cc(CCCCCC)c(=O)cc-3oc2cc1O. The van der Waals surface area contributed by atoms with Crippen molar-refractivity contribution in [3.05, 3.63) is 74.4 Å². The van der Waals surface area contributed by atoms with Crippen LogP contribution < -0.4 is 5.43 Å². The molecule has 9 nitrogen and oxygen atoms in total. The van der Waals surface area contributed by atoms with Crippen LogP contribution in [0.4, 0.5) is 0 Å². The standard InChI is InChI=1S/C34H36O9/c1-3-5-7-9-11-19-13-25-29(17-27(19)35)43-30-18-28(36)20(12-10-8-6-4-2)14-26(30)31(25)21-15-23(33(39)40)24(34(41)42)16-22(21)32(37)38/h13-18,35H,3-12H2,1-2H3,(H,37,38)(H,39,40)(H,41,42). The first kappa shape index (κ1) is 31.3. The molecule has 0 saturated heterocycles. The van der Waals surface area contributed by atoms with Crippen LogP contribution in [0.2, 0.25) is 0 Å². The molecule has 0 radical (unpaired) electrons. The van der Waals surface area contributed by atoms with Crippen LogP contribution >= 0.6 is 0 Å². The molecule has 0 unspecified atom stereocenters. The molecule has 0 aromatic heterocycles. The van der Waals surface area contributed by atoms with Gasteiger partial charge in [0.25, 0.3) is 0 Å². The van der Waals surface area contributed by atoms with Crippen LogP contribution in [0.3, 0.4) is 0 Å². The number of carboxylic acid groups (broad SMARTS) is 3.